The quantitative estimate of drug-likeness (QED) is 0.296. The summed E-state index contributed by atoms with van der Waals surface area (Å²) < 4.78 is 9.68. The molecular weight excluding hydrogens is 258 g/mol. The Morgan fingerprint density at radius 1 is 1.10 bits per heavy atom. The van der Waals surface area contributed by atoms with Gasteiger partial charge in [-0.1, -0.05) is 6.08 Å². The van der Waals surface area contributed by atoms with E-state index in [4.69, 9.17) is 9.47 Å². The topological polar surface area (TPSA) is 65.0 Å². The normalized spacial score (nSPS) is 12.3. The Morgan fingerprint density at radius 2 is 1.75 bits per heavy atom. The Kier molecular flexibility index (Phi) is 9.56. The number of carbonyl (C=O) groups is 2. The van der Waals surface area contributed by atoms with Crippen molar-refractivity contribution in [1.29, 1.82) is 0 Å². The largest absolute Gasteiger partial charge is 0.466 e. The molecule has 0 bridgehead atoms. The van der Waals surface area contributed by atoms with Crippen LogP contribution in [0.2, 0.25) is 0 Å². The lowest BCUT2D eigenvalue weighted by Crippen LogP contribution is -2.05. The molecule has 0 atom stereocenters. The molecule has 0 aromatic carbocycles. The van der Waals surface area contributed by atoms with Crippen LogP contribution in [0.1, 0.15) is 27.2 Å². The first-order valence-electron chi connectivity index (χ1n) is 6.37. The van der Waals surface area contributed by atoms with E-state index in [1.165, 1.54) is 12.3 Å². The van der Waals surface area contributed by atoms with Crippen LogP contribution in [0.3, 0.4) is 0 Å². The molecule has 0 spiro atoms. The fourth-order valence-electron chi connectivity index (χ4n) is 1.33. The molecule has 0 N–H and O–H groups in total. The Hall–Kier alpha value is -2.17. The van der Waals surface area contributed by atoms with Gasteiger partial charge in [0.2, 0.25) is 0 Å². The summed E-state index contributed by atoms with van der Waals surface area (Å²) in [7, 11) is 0. The van der Waals surface area contributed by atoms with Gasteiger partial charge in [-0.3, -0.25) is 9.79 Å². The molecule has 0 unspecified atom stereocenters. The Labute approximate surface area is 119 Å². The van der Waals surface area contributed by atoms with Gasteiger partial charge in [0.25, 0.3) is 0 Å². The van der Waals surface area contributed by atoms with Crippen molar-refractivity contribution in [2.75, 3.05) is 13.2 Å². The molecule has 0 aliphatic carbocycles. The predicted octanol–water partition coefficient (Wildman–Crippen LogP) is 2.59. The lowest BCUT2D eigenvalue weighted by atomic mass is 10.1. The van der Waals surface area contributed by atoms with Crippen molar-refractivity contribution >= 4 is 18.7 Å². The minimum atomic E-state index is -0.423. The summed E-state index contributed by atoms with van der Waals surface area (Å²) in [5, 5.41) is 0. The molecule has 0 aromatic heterocycles. The number of carbonyl (C=O) groups excluding carboxylic acids is 2. The van der Waals surface area contributed by atoms with Crippen molar-refractivity contribution in [1.82, 2.24) is 0 Å². The van der Waals surface area contributed by atoms with Crippen LogP contribution in [0.5, 0.6) is 0 Å². The third-order valence-corrected chi connectivity index (χ3v) is 2.28. The average Bonchev–Trinajstić information content (AvgIpc) is 2.41. The number of esters is 2. The molecule has 0 aliphatic heterocycles. The Bertz CT molecular complexity index is 433. The number of hydrogen-bond donors (Lipinski definition) is 0. The number of hydrogen-bond acceptors (Lipinski definition) is 5. The van der Waals surface area contributed by atoms with Crippen LogP contribution in [0.25, 0.3) is 0 Å². The summed E-state index contributed by atoms with van der Waals surface area (Å²) >= 11 is 0. The van der Waals surface area contributed by atoms with Gasteiger partial charge in [0.05, 0.1) is 19.6 Å². The zero-order valence-corrected chi connectivity index (χ0v) is 12.2. The number of rotatable bonds is 8. The van der Waals surface area contributed by atoms with Crippen LogP contribution >= 0.6 is 0 Å². The summed E-state index contributed by atoms with van der Waals surface area (Å²) in [6.45, 7) is 9.26. The van der Waals surface area contributed by atoms with Gasteiger partial charge in [0, 0.05) is 12.3 Å². The van der Waals surface area contributed by atoms with Crippen LogP contribution in [-0.4, -0.2) is 31.9 Å². The van der Waals surface area contributed by atoms with Crippen molar-refractivity contribution in [3.05, 3.63) is 35.6 Å². The third kappa shape index (κ3) is 8.02. The SMILES string of the molecule is C=N\C=C/C(CC(=O)OCC)=C(C)/C=C/C(=O)OCC. The molecule has 0 heterocycles. The molecule has 0 fully saturated rings. The molecule has 0 radical (unpaired) electrons. The second-order valence-electron chi connectivity index (χ2n) is 3.77. The molecule has 0 aromatic rings. The molecule has 0 amide bonds. The van der Waals surface area contributed by atoms with Crippen molar-refractivity contribution in [3.63, 3.8) is 0 Å². The van der Waals surface area contributed by atoms with E-state index in [1.807, 2.05) is 0 Å². The van der Waals surface area contributed by atoms with Crippen LogP contribution in [-0.2, 0) is 19.1 Å². The zero-order chi connectivity index (χ0) is 15.4. The molecule has 110 valence electrons. The van der Waals surface area contributed by atoms with Crippen molar-refractivity contribution in [3.8, 4) is 0 Å². The molecular formula is C15H21NO4. The van der Waals surface area contributed by atoms with E-state index in [9.17, 15) is 9.59 Å². The maximum atomic E-state index is 11.5. The average molecular weight is 279 g/mol. The fourth-order valence-corrected chi connectivity index (χ4v) is 1.33. The van der Waals surface area contributed by atoms with Gasteiger partial charge in [-0.25, -0.2) is 4.79 Å². The molecule has 5 nitrogen and oxygen atoms in total. The van der Waals surface area contributed by atoms with Crippen LogP contribution in [0.15, 0.2) is 40.6 Å². The van der Waals surface area contributed by atoms with Crippen molar-refractivity contribution in [2.45, 2.75) is 27.2 Å². The first kappa shape index (κ1) is 17.8. The van der Waals surface area contributed by atoms with Gasteiger partial charge in [0.1, 0.15) is 0 Å². The Balaban J connectivity index is 5.00. The number of ether oxygens (including phenoxy) is 2. The second kappa shape index (κ2) is 10.7. The van der Waals surface area contributed by atoms with E-state index >= 15 is 0 Å². The summed E-state index contributed by atoms with van der Waals surface area (Å²) in [4.78, 5) is 26.4. The van der Waals surface area contributed by atoms with Gasteiger partial charge < -0.3 is 9.47 Å². The maximum Gasteiger partial charge on any atom is 0.330 e. The van der Waals surface area contributed by atoms with E-state index in [-0.39, 0.29) is 12.4 Å². The monoisotopic (exact) mass is 279 g/mol. The molecule has 0 saturated heterocycles. The van der Waals surface area contributed by atoms with Crippen LogP contribution in [0.4, 0.5) is 0 Å². The Morgan fingerprint density at radius 3 is 2.30 bits per heavy atom. The highest BCUT2D eigenvalue weighted by atomic mass is 16.5. The molecule has 5 heteroatoms. The zero-order valence-electron chi connectivity index (χ0n) is 12.2. The van der Waals surface area contributed by atoms with Crippen molar-refractivity contribution < 1.29 is 19.1 Å². The number of allylic oxidation sites excluding steroid dienone is 3. The highest BCUT2D eigenvalue weighted by molar-refractivity contribution is 5.82. The lowest BCUT2D eigenvalue weighted by Gasteiger charge is -2.05. The van der Waals surface area contributed by atoms with Gasteiger partial charge in [0.15, 0.2) is 0 Å². The number of aliphatic imine (C=N–C) groups is 1. The van der Waals surface area contributed by atoms with E-state index < -0.39 is 5.97 Å². The first-order valence-corrected chi connectivity index (χ1v) is 6.37. The van der Waals surface area contributed by atoms with E-state index in [0.717, 1.165) is 5.57 Å². The van der Waals surface area contributed by atoms with Crippen LogP contribution in [0, 0.1) is 0 Å². The smallest absolute Gasteiger partial charge is 0.330 e. The standard InChI is InChI=1S/C15H21NO4/c1-5-19-14(17)8-7-12(3)13(9-10-16-4)11-15(18)20-6-2/h7-10H,4-6,11H2,1-3H3/b8-7+,10-9-,13-12-. The van der Waals surface area contributed by atoms with Crippen molar-refractivity contribution in [2.24, 2.45) is 4.99 Å². The third-order valence-electron chi connectivity index (χ3n) is 2.28. The second-order valence-corrected chi connectivity index (χ2v) is 3.77. The summed E-state index contributed by atoms with van der Waals surface area (Å²) in [6.07, 6.45) is 6.17. The van der Waals surface area contributed by atoms with E-state index in [2.05, 4.69) is 11.7 Å². The van der Waals surface area contributed by atoms with E-state index in [1.54, 1.807) is 32.9 Å². The highest BCUT2D eigenvalue weighted by Crippen LogP contribution is 2.13. The minimum absolute atomic E-state index is 0.110. The van der Waals surface area contributed by atoms with Gasteiger partial charge in [-0.15, -0.1) is 0 Å². The fraction of sp³-hybridized carbons (Fsp3) is 0.400. The lowest BCUT2D eigenvalue weighted by molar-refractivity contribution is -0.142. The summed E-state index contributed by atoms with van der Waals surface area (Å²) in [5.41, 5.74) is 1.46. The molecule has 0 aliphatic rings. The molecule has 20 heavy (non-hydrogen) atoms. The number of nitrogens with zero attached hydrogens (tertiary/aromatic N) is 1. The van der Waals surface area contributed by atoms with E-state index in [0.29, 0.717) is 18.8 Å². The van der Waals surface area contributed by atoms with Gasteiger partial charge in [-0.2, -0.15) is 0 Å². The summed E-state index contributed by atoms with van der Waals surface area (Å²) in [5.74, 6) is -0.756. The maximum absolute atomic E-state index is 11.5. The highest BCUT2D eigenvalue weighted by Gasteiger charge is 2.07. The minimum Gasteiger partial charge on any atom is -0.466 e. The molecule has 0 saturated carbocycles. The first-order chi connectivity index (χ1) is 9.54. The summed E-state index contributed by atoms with van der Waals surface area (Å²) in [6, 6.07) is 0. The van der Waals surface area contributed by atoms with Gasteiger partial charge in [-0.05, 0) is 44.7 Å². The van der Waals surface area contributed by atoms with Gasteiger partial charge >= 0.3 is 11.9 Å². The van der Waals surface area contributed by atoms with Crippen LogP contribution < -0.4 is 0 Å². The predicted molar refractivity (Wildman–Crippen MR) is 78.4 cm³/mol. The molecule has 0 rings (SSSR count).